The molecule has 0 N–H and O–H groups in total. The highest BCUT2D eigenvalue weighted by molar-refractivity contribution is 8.13. The summed E-state index contributed by atoms with van der Waals surface area (Å²) < 4.78 is 4.61. The van der Waals surface area contributed by atoms with Crippen molar-refractivity contribution < 1.29 is 19.1 Å². The van der Waals surface area contributed by atoms with E-state index >= 15 is 0 Å². The van der Waals surface area contributed by atoms with Crippen LogP contribution in [-0.4, -0.2) is 41.4 Å². The number of hydrogen-bond acceptors (Lipinski definition) is 7. The smallest absolute Gasteiger partial charge is 0.349 e. The molecule has 1 aliphatic rings. The van der Waals surface area contributed by atoms with Crippen molar-refractivity contribution in [3.63, 3.8) is 0 Å². The van der Waals surface area contributed by atoms with Gasteiger partial charge in [0.05, 0.1) is 13.3 Å². The van der Waals surface area contributed by atoms with Gasteiger partial charge in [0.25, 0.3) is 0 Å². The highest BCUT2D eigenvalue weighted by Crippen LogP contribution is 2.30. The van der Waals surface area contributed by atoms with Gasteiger partial charge in [0.2, 0.25) is 5.91 Å². The van der Waals surface area contributed by atoms with Crippen molar-refractivity contribution >= 4 is 45.2 Å². The largest absolute Gasteiger partial charge is 0.465 e. The van der Waals surface area contributed by atoms with Crippen LogP contribution in [-0.2, 0) is 14.3 Å². The summed E-state index contributed by atoms with van der Waals surface area (Å²) >= 11 is 2.37. The van der Waals surface area contributed by atoms with Crippen LogP contribution in [0.2, 0.25) is 0 Å². The van der Waals surface area contributed by atoms with Crippen LogP contribution in [0, 0.1) is 5.92 Å². The Kier molecular flexibility index (Phi) is 4.77. The molecule has 1 aromatic rings. The van der Waals surface area contributed by atoms with E-state index in [9.17, 15) is 14.4 Å². The molecule has 20 heavy (non-hydrogen) atoms. The van der Waals surface area contributed by atoms with Gasteiger partial charge in [-0.3, -0.25) is 14.5 Å². The van der Waals surface area contributed by atoms with Crippen LogP contribution in [0.3, 0.4) is 0 Å². The summed E-state index contributed by atoms with van der Waals surface area (Å²) in [6.45, 7) is 2.05. The lowest BCUT2D eigenvalue weighted by Crippen LogP contribution is -2.24. The van der Waals surface area contributed by atoms with E-state index in [-0.39, 0.29) is 16.9 Å². The fourth-order valence-corrected chi connectivity index (χ4v) is 3.45. The van der Waals surface area contributed by atoms with Crippen molar-refractivity contribution in [3.8, 4) is 0 Å². The van der Waals surface area contributed by atoms with Crippen LogP contribution in [0.5, 0.6) is 0 Å². The minimum atomic E-state index is -0.455. The molecule has 1 aromatic heterocycles. The number of carbonyl (C=O) groups excluding carboxylic acids is 3. The van der Waals surface area contributed by atoms with Gasteiger partial charge in [-0.2, -0.15) is 0 Å². The van der Waals surface area contributed by atoms with Gasteiger partial charge in [-0.05, 0) is 5.92 Å². The van der Waals surface area contributed by atoms with Crippen molar-refractivity contribution in [1.29, 1.82) is 0 Å². The van der Waals surface area contributed by atoms with Crippen LogP contribution >= 0.6 is 23.1 Å². The monoisotopic (exact) mass is 314 g/mol. The highest BCUT2D eigenvalue weighted by Gasteiger charge is 2.32. The van der Waals surface area contributed by atoms with Crippen molar-refractivity contribution in [2.24, 2.45) is 5.92 Å². The number of carbonyl (C=O) groups is 3. The first-order valence-electron chi connectivity index (χ1n) is 5.99. The second-order valence-corrected chi connectivity index (χ2v) is 6.58. The SMILES string of the molecule is COC(=O)c1cnc(N2CC(CSC(C)=O)CC2=O)s1. The third-order valence-electron chi connectivity index (χ3n) is 2.84. The number of hydrogen-bond donors (Lipinski definition) is 0. The number of thiazole rings is 1. The maximum absolute atomic E-state index is 12.0. The van der Waals surface area contributed by atoms with Gasteiger partial charge in [0.15, 0.2) is 10.2 Å². The van der Waals surface area contributed by atoms with E-state index in [1.807, 2.05) is 0 Å². The summed E-state index contributed by atoms with van der Waals surface area (Å²) in [6, 6.07) is 0. The standard InChI is InChI=1S/C12H14N2O4S2/c1-7(15)19-6-8-3-10(16)14(5-8)12-13-4-9(20-12)11(17)18-2/h4,8H,3,5-6H2,1-2H3. The quantitative estimate of drug-likeness (QED) is 0.785. The van der Waals surface area contributed by atoms with Crippen molar-refractivity contribution in [2.45, 2.75) is 13.3 Å². The van der Waals surface area contributed by atoms with Crippen LogP contribution in [0.15, 0.2) is 6.20 Å². The number of esters is 1. The summed E-state index contributed by atoms with van der Waals surface area (Å²) in [5, 5.41) is 0.559. The molecule has 0 saturated carbocycles. The molecule has 2 rings (SSSR count). The first kappa shape index (κ1) is 15.0. The Morgan fingerprint density at radius 3 is 3.00 bits per heavy atom. The fourth-order valence-electron chi connectivity index (χ4n) is 1.90. The van der Waals surface area contributed by atoms with E-state index in [0.717, 1.165) is 11.3 Å². The Hall–Kier alpha value is -1.41. The topological polar surface area (TPSA) is 76.6 Å². The maximum atomic E-state index is 12.0. The average molecular weight is 314 g/mol. The Bertz CT molecular complexity index is 543. The lowest BCUT2D eigenvalue weighted by atomic mass is 10.1. The van der Waals surface area contributed by atoms with Crippen molar-refractivity contribution in [1.82, 2.24) is 4.98 Å². The van der Waals surface area contributed by atoms with Crippen LogP contribution in [0.4, 0.5) is 5.13 Å². The van der Waals surface area contributed by atoms with Crippen molar-refractivity contribution in [3.05, 3.63) is 11.1 Å². The maximum Gasteiger partial charge on any atom is 0.349 e. The van der Waals surface area contributed by atoms with Gasteiger partial charge < -0.3 is 4.74 Å². The van der Waals surface area contributed by atoms with Crippen LogP contribution < -0.4 is 4.90 Å². The molecule has 0 radical (unpaired) electrons. The van der Waals surface area contributed by atoms with E-state index in [4.69, 9.17) is 0 Å². The van der Waals surface area contributed by atoms with Gasteiger partial charge in [-0.25, -0.2) is 9.78 Å². The summed E-state index contributed by atoms with van der Waals surface area (Å²) in [5.74, 6) is 0.295. The van der Waals surface area contributed by atoms with Crippen molar-refractivity contribution in [2.75, 3.05) is 24.3 Å². The first-order valence-corrected chi connectivity index (χ1v) is 7.79. The van der Waals surface area contributed by atoms with Gasteiger partial charge in [0, 0.05) is 25.6 Å². The number of aromatic nitrogens is 1. The number of ether oxygens (including phenoxy) is 1. The number of thioether (sulfide) groups is 1. The Morgan fingerprint density at radius 1 is 1.60 bits per heavy atom. The minimum Gasteiger partial charge on any atom is -0.465 e. The zero-order valence-corrected chi connectivity index (χ0v) is 12.8. The first-order chi connectivity index (χ1) is 9.51. The summed E-state index contributed by atoms with van der Waals surface area (Å²) in [5.41, 5.74) is 0. The minimum absolute atomic E-state index is 0.0232. The zero-order chi connectivity index (χ0) is 14.7. The molecule has 1 atom stereocenters. The Morgan fingerprint density at radius 2 is 2.35 bits per heavy atom. The molecule has 0 bridgehead atoms. The number of rotatable bonds is 4. The number of amides is 1. The molecule has 108 valence electrons. The second-order valence-electron chi connectivity index (χ2n) is 4.38. The van der Waals surface area contributed by atoms with Crippen LogP contribution in [0.25, 0.3) is 0 Å². The molecule has 1 unspecified atom stereocenters. The fraction of sp³-hybridized carbons (Fsp3) is 0.500. The third kappa shape index (κ3) is 3.37. The molecule has 1 aliphatic heterocycles. The molecule has 8 heteroatoms. The average Bonchev–Trinajstić information content (AvgIpc) is 3.01. The summed E-state index contributed by atoms with van der Waals surface area (Å²) in [6.07, 6.45) is 1.82. The molecular weight excluding hydrogens is 300 g/mol. The van der Waals surface area contributed by atoms with Crippen LogP contribution in [0.1, 0.15) is 23.0 Å². The van der Waals surface area contributed by atoms with Gasteiger partial charge in [-0.15, -0.1) is 0 Å². The molecule has 1 saturated heterocycles. The predicted molar refractivity (Wildman–Crippen MR) is 77.1 cm³/mol. The number of methoxy groups -OCH3 is 1. The third-order valence-corrected chi connectivity index (χ3v) is 4.88. The Balaban J connectivity index is 2.02. The van der Waals surface area contributed by atoms with E-state index < -0.39 is 5.97 Å². The highest BCUT2D eigenvalue weighted by atomic mass is 32.2. The summed E-state index contributed by atoms with van der Waals surface area (Å²) in [7, 11) is 1.30. The van der Waals surface area contributed by atoms with E-state index in [1.165, 1.54) is 32.0 Å². The van der Waals surface area contributed by atoms with Gasteiger partial charge in [0.1, 0.15) is 4.88 Å². The predicted octanol–water partition coefficient (Wildman–Crippen LogP) is 1.56. The number of anilines is 1. The normalized spacial score (nSPS) is 18.4. The van der Waals surface area contributed by atoms with E-state index in [0.29, 0.717) is 28.7 Å². The van der Waals surface area contributed by atoms with Gasteiger partial charge in [-0.1, -0.05) is 23.1 Å². The molecular formula is C12H14N2O4S2. The summed E-state index contributed by atoms with van der Waals surface area (Å²) in [4.78, 5) is 40.3. The molecule has 1 amide bonds. The lowest BCUT2D eigenvalue weighted by molar-refractivity contribution is -0.117. The number of nitrogens with zero attached hydrogens (tertiary/aromatic N) is 2. The molecule has 2 heterocycles. The lowest BCUT2D eigenvalue weighted by Gasteiger charge is -2.12. The molecule has 6 nitrogen and oxygen atoms in total. The molecule has 1 fully saturated rings. The second kappa shape index (κ2) is 6.36. The molecule has 0 aromatic carbocycles. The molecule has 0 aliphatic carbocycles. The van der Waals surface area contributed by atoms with E-state index in [1.54, 1.807) is 4.90 Å². The zero-order valence-electron chi connectivity index (χ0n) is 11.1. The van der Waals surface area contributed by atoms with E-state index in [2.05, 4.69) is 9.72 Å². The molecule has 0 spiro atoms. The van der Waals surface area contributed by atoms with Gasteiger partial charge >= 0.3 is 5.97 Å². The Labute approximate surface area is 124 Å².